The Labute approximate surface area is 131 Å². The highest BCUT2D eigenvalue weighted by molar-refractivity contribution is 7.15. The summed E-state index contributed by atoms with van der Waals surface area (Å²) < 4.78 is 0. The third kappa shape index (κ3) is 4.51. The predicted octanol–water partition coefficient (Wildman–Crippen LogP) is 3.23. The average Bonchev–Trinajstić information content (AvgIpc) is 2.89. The molecule has 4 nitrogen and oxygen atoms in total. The van der Waals surface area contributed by atoms with Crippen molar-refractivity contribution < 1.29 is 0 Å². The molecule has 0 aliphatic heterocycles. The van der Waals surface area contributed by atoms with Crippen LogP contribution in [-0.4, -0.2) is 23.1 Å². The lowest BCUT2D eigenvalue weighted by Crippen LogP contribution is -2.21. The van der Waals surface area contributed by atoms with E-state index in [0.717, 1.165) is 24.6 Å². The smallest absolute Gasteiger partial charge is 0.185 e. The second-order valence-electron chi connectivity index (χ2n) is 5.47. The molecule has 0 radical (unpaired) electrons. The van der Waals surface area contributed by atoms with Crippen molar-refractivity contribution in [1.29, 1.82) is 0 Å². The van der Waals surface area contributed by atoms with Crippen LogP contribution in [-0.2, 0) is 19.5 Å². The molecule has 2 aromatic rings. The first-order chi connectivity index (χ1) is 10.1. The Kier molecular flexibility index (Phi) is 5.70. The topological polar surface area (TPSA) is 41.1 Å². The van der Waals surface area contributed by atoms with Gasteiger partial charge >= 0.3 is 0 Å². The van der Waals surface area contributed by atoms with Gasteiger partial charge in [-0.25, -0.2) is 4.98 Å². The summed E-state index contributed by atoms with van der Waals surface area (Å²) in [4.78, 5) is 12.5. The van der Waals surface area contributed by atoms with Gasteiger partial charge in [-0.05, 0) is 18.1 Å². The molecular weight excluding hydrogens is 280 g/mol. The van der Waals surface area contributed by atoms with Gasteiger partial charge in [-0.3, -0.25) is 4.98 Å². The second kappa shape index (κ2) is 7.52. The molecule has 2 heterocycles. The molecule has 0 amide bonds. The minimum absolute atomic E-state index is 0.494. The van der Waals surface area contributed by atoms with Crippen LogP contribution in [0, 0.1) is 0 Å². The maximum absolute atomic E-state index is 4.79. The van der Waals surface area contributed by atoms with Gasteiger partial charge in [0.05, 0.1) is 5.69 Å². The summed E-state index contributed by atoms with van der Waals surface area (Å²) in [5, 5.41) is 4.56. The van der Waals surface area contributed by atoms with Crippen molar-refractivity contribution in [2.45, 2.75) is 46.3 Å². The Morgan fingerprint density at radius 1 is 1.38 bits per heavy atom. The zero-order valence-electron chi connectivity index (χ0n) is 13.3. The van der Waals surface area contributed by atoms with Crippen LogP contribution in [0.3, 0.4) is 0 Å². The van der Waals surface area contributed by atoms with E-state index in [0.29, 0.717) is 6.04 Å². The molecule has 2 rings (SSSR count). The number of thiazole rings is 1. The molecule has 0 unspecified atom stereocenters. The first-order valence-electron chi connectivity index (χ1n) is 7.42. The van der Waals surface area contributed by atoms with E-state index in [1.165, 1.54) is 16.1 Å². The lowest BCUT2D eigenvalue weighted by molar-refractivity contribution is 0.590. The fourth-order valence-electron chi connectivity index (χ4n) is 2.08. The Bertz CT molecular complexity index is 551. The van der Waals surface area contributed by atoms with Gasteiger partial charge in [0.2, 0.25) is 0 Å². The third-order valence-corrected chi connectivity index (χ3v) is 4.45. The van der Waals surface area contributed by atoms with Gasteiger partial charge in [-0.1, -0.05) is 26.8 Å². The lowest BCUT2D eigenvalue weighted by Gasteiger charge is -2.15. The SMILES string of the molecule is CCc1nc(N(C)Cc2cccnc2)sc1CNC(C)C. The first kappa shape index (κ1) is 15.9. The van der Waals surface area contributed by atoms with Crippen LogP contribution in [0.2, 0.25) is 0 Å². The van der Waals surface area contributed by atoms with Gasteiger partial charge < -0.3 is 10.2 Å². The lowest BCUT2D eigenvalue weighted by atomic mass is 10.3. The van der Waals surface area contributed by atoms with Crippen molar-refractivity contribution in [2.24, 2.45) is 0 Å². The molecule has 2 aromatic heterocycles. The van der Waals surface area contributed by atoms with Gasteiger partial charge in [0.1, 0.15) is 0 Å². The maximum Gasteiger partial charge on any atom is 0.185 e. The van der Waals surface area contributed by atoms with E-state index in [9.17, 15) is 0 Å². The molecule has 0 spiro atoms. The number of aromatic nitrogens is 2. The highest BCUT2D eigenvalue weighted by Gasteiger charge is 2.13. The summed E-state index contributed by atoms with van der Waals surface area (Å²) in [6.45, 7) is 8.24. The normalized spacial score (nSPS) is 11.1. The quantitative estimate of drug-likeness (QED) is 0.852. The minimum Gasteiger partial charge on any atom is -0.347 e. The van der Waals surface area contributed by atoms with Gasteiger partial charge in [0, 0.05) is 43.4 Å². The summed E-state index contributed by atoms with van der Waals surface area (Å²) in [5.41, 5.74) is 2.41. The van der Waals surface area contributed by atoms with Gasteiger partial charge in [-0.2, -0.15) is 0 Å². The van der Waals surface area contributed by atoms with E-state index >= 15 is 0 Å². The van der Waals surface area contributed by atoms with E-state index in [1.54, 1.807) is 17.5 Å². The van der Waals surface area contributed by atoms with Crippen LogP contribution in [0.5, 0.6) is 0 Å². The molecule has 0 bridgehead atoms. The van der Waals surface area contributed by atoms with E-state index in [1.807, 2.05) is 12.3 Å². The minimum atomic E-state index is 0.494. The van der Waals surface area contributed by atoms with Crippen molar-refractivity contribution in [2.75, 3.05) is 11.9 Å². The summed E-state index contributed by atoms with van der Waals surface area (Å²) in [6, 6.07) is 4.56. The van der Waals surface area contributed by atoms with E-state index in [-0.39, 0.29) is 0 Å². The monoisotopic (exact) mass is 304 g/mol. The Morgan fingerprint density at radius 3 is 2.81 bits per heavy atom. The average molecular weight is 304 g/mol. The molecule has 0 saturated carbocycles. The molecule has 0 saturated heterocycles. The van der Waals surface area contributed by atoms with Crippen LogP contribution in [0.25, 0.3) is 0 Å². The molecule has 0 aromatic carbocycles. The van der Waals surface area contributed by atoms with Crippen molar-refractivity contribution >= 4 is 16.5 Å². The van der Waals surface area contributed by atoms with Crippen molar-refractivity contribution in [3.05, 3.63) is 40.7 Å². The fraction of sp³-hybridized carbons (Fsp3) is 0.500. The van der Waals surface area contributed by atoms with Gasteiger partial charge in [0.25, 0.3) is 0 Å². The standard InChI is InChI=1S/C16H24N4S/c1-5-14-15(10-18-12(2)3)21-16(19-14)20(4)11-13-7-6-8-17-9-13/h6-9,12,18H,5,10-11H2,1-4H3. The highest BCUT2D eigenvalue weighted by atomic mass is 32.1. The number of hydrogen-bond donors (Lipinski definition) is 1. The molecule has 21 heavy (non-hydrogen) atoms. The Balaban J connectivity index is 2.08. The highest BCUT2D eigenvalue weighted by Crippen LogP contribution is 2.27. The molecular formula is C16H24N4S. The summed E-state index contributed by atoms with van der Waals surface area (Å²) >= 11 is 1.79. The number of nitrogens with zero attached hydrogens (tertiary/aromatic N) is 3. The number of aryl methyl sites for hydroxylation is 1. The van der Waals surface area contributed by atoms with Crippen LogP contribution >= 0.6 is 11.3 Å². The van der Waals surface area contributed by atoms with E-state index in [2.05, 4.69) is 49.1 Å². The van der Waals surface area contributed by atoms with Crippen LogP contribution in [0.1, 0.15) is 36.9 Å². The third-order valence-electron chi connectivity index (χ3n) is 3.24. The van der Waals surface area contributed by atoms with Crippen LogP contribution in [0.15, 0.2) is 24.5 Å². The van der Waals surface area contributed by atoms with Crippen molar-refractivity contribution in [3.63, 3.8) is 0 Å². The van der Waals surface area contributed by atoms with Crippen LogP contribution < -0.4 is 10.2 Å². The summed E-state index contributed by atoms with van der Waals surface area (Å²) in [5.74, 6) is 0. The number of nitrogens with one attached hydrogen (secondary N) is 1. The van der Waals surface area contributed by atoms with Gasteiger partial charge in [-0.15, -0.1) is 11.3 Å². The van der Waals surface area contributed by atoms with E-state index in [4.69, 9.17) is 4.98 Å². The number of hydrogen-bond acceptors (Lipinski definition) is 5. The molecule has 1 N–H and O–H groups in total. The van der Waals surface area contributed by atoms with Crippen molar-refractivity contribution in [3.8, 4) is 0 Å². The Hall–Kier alpha value is -1.46. The molecule has 5 heteroatoms. The molecule has 0 fully saturated rings. The fourth-order valence-corrected chi connectivity index (χ4v) is 3.14. The molecule has 114 valence electrons. The number of rotatable bonds is 7. The first-order valence-corrected chi connectivity index (χ1v) is 8.23. The number of anilines is 1. The molecule has 0 aliphatic carbocycles. The molecule has 0 atom stereocenters. The molecule has 0 aliphatic rings. The van der Waals surface area contributed by atoms with Crippen LogP contribution in [0.4, 0.5) is 5.13 Å². The predicted molar refractivity (Wildman–Crippen MR) is 89.8 cm³/mol. The Morgan fingerprint density at radius 2 is 2.19 bits per heavy atom. The van der Waals surface area contributed by atoms with Gasteiger partial charge in [0.15, 0.2) is 5.13 Å². The largest absolute Gasteiger partial charge is 0.347 e. The van der Waals surface area contributed by atoms with E-state index < -0.39 is 0 Å². The summed E-state index contributed by atoms with van der Waals surface area (Å²) in [6.07, 6.45) is 4.69. The van der Waals surface area contributed by atoms with Crippen molar-refractivity contribution in [1.82, 2.24) is 15.3 Å². The second-order valence-corrected chi connectivity index (χ2v) is 6.53. The zero-order valence-corrected chi connectivity index (χ0v) is 14.1. The maximum atomic E-state index is 4.79. The zero-order chi connectivity index (χ0) is 15.2. The number of pyridine rings is 1. The summed E-state index contributed by atoms with van der Waals surface area (Å²) in [7, 11) is 2.09.